The number of pyridine rings is 1. The third-order valence-electron chi connectivity index (χ3n) is 0.517. The fraction of sp³-hybridized carbons (Fsp3) is 0.286. The predicted octanol–water partition coefficient (Wildman–Crippen LogP) is 1.91. The van der Waals surface area contributed by atoms with Crippen molar-refractivity contribution in [2.24, 2.45) is 0 Å². The summed E-state index contributed by atoms with van der Waals surface area (Å²) < 4.78 is 0. The van der Waals surface area contributed by atoms with Gasteiger partial charge in [-0.05, 0) is 0 Å². The summed E-state index contributed by atoms with van der Waals surface area (Å²) in [5.74, 6) is 0. The van der Waals surface area contributed by atoms with Crippen LogP contribution in [0.2, 0.25) is 0 Å². The number of aromatic nitrogens is 1. The van der Waals surface area contributed by atoms with E-state index in [1.807, 2.05) is 26.0 Å². The summed E-state index contributed by atoms with van der Waals surface area (Å²) in [7, 11) is 0. The molecule has 2 heteroatoms. The molecule has 0 saturated carbocycles. The summed E-state index contributed by atoms with van der Waals surface area (Å²) in [5, 5.41) is 0. The summed E-state index contributed by atoms with van der Waals surface area (Å²) >= 11 is 0. The first-order valence-electron chi connectivity index (χ1n) is 2.77. The van der Waals surface area contributed by atoms with Crippen LogP contribution in [0.15, 0.2) is 24.4 Å². The summed E-state index contributed by atoms with van der Waals surface area (Å²) in [6.45, 7) is 4.00. The third-order valence-corrected chi connectivity index (χ3v) is 0.517. The van der Waals surface area contributed by atoms with E-state index in [0.717, 1.165) is 0 Å². The van der Waals surface area contributed by atoms with Crippen LogP contribution in [0.1, 0.15) is 13.8 Å². The Morgan fingerprint density at radius 2 is 1.89 bits per heavy atom. The maximum absolute atomic E-state index is 3.66. The standard InChI is InChI=1S/C5H4N.C2H6.U/c1-2-4-6-5-3-1;1-2;/h1-4H;1-2H3;/q-1;;. The second-order valence-corrected chi connectivity index (χ2v) is 0.959. The average Bonchev–Trinajstić information content (AvgIpc) is 1.96. The molecule has 0 atom stereocenters. The van der Waals surface area contributed by atoms with Gasteiger partial charge in [0, 0.05) is 31.1 Å². The van der Waals surface area contributed by atoms with Crippen molar-refractivity contribution in [1.29, 1.82) is 0 Å². The fourth-order valence-electron chi connectivity index (χ4n) is 0.277. The molecule has 0 aliphatic rings. The molecule has 1 aromatic heterocycles. The Bertz CT molecular complexity index is 80.8. The quantitative estimate of drug-likeness (QED) is 0.654. The number of hydrogen-bond donors (Lipinski definition) is 0. The Kier molecular flexibility index (Phi) is 14.7. The molecule has 1 rings (SSSR count). The van der Waals surface area contributed by atoms with Gasteiger partial charge in [-0.25, -0.2) is 0 Å². The van der Waals surface area contributed by atoms with Gasteiger partial charge in [-0.3, -0.25) is 0 Å². The van der Waals surface area contributed by atoms with Crippen LogP contribution in [0.5, 0.6) is 0 Å². The SMILES string of the molecule is CC.[U].[c-]1ccccn1. The van der Waals surface area contributed by atoms with Crippen LogP contribution in [0, 0.1) is 37.3 Å². The molecular formula is C7H10NU-. The van der Waals surface area contributed by atoms with E-state index >= 15 is 0 Å². The van der Waals surface area contributed by atoms with Crippen LogP contribution < -0.4 is 0 Å². The Balaban J connectivity index is 0. The van der Waals surface area contributed by atoms with Crippen LogP contribution >= 0.6 is 0 Å². The molecule has 0 spiro atoms. The fourth-order valence-corrected chi connectivity index (χ4v) is 0.277. The summed E-state index contributed by atoms with van der Waals surface area (Å²) in [6, 6.07) is 5.50. The Morgan fingerprint density at radius 1 is 1.22 bits per heavy atom. The van der Waals surface area contributed by atoms with Gasteiger partial charge >= 0.3 is 0 Å². The van der Waals surface area contributed by atoms with Gasteiger partial charge < -0.3 is 4.98 Å². The minimum Gasteiger partial charge on any atom is -0.394 e. The van der Waals surface area contributed by atoms with Crippen molar-refractivity contribution in [1.82, 2.24) is 4.98 Å². The van der Waals surface area contributed by atoms with E-state index in [2.05, 4.69) is 11.2 Å². The topological polar surface area (TPSA) is 12.9 Å². The molecule has 0 unspecified atom stereocenters. The zero-order chi connectivity index (χ0) is 6.24. The molecule has 1 heterocycles. The van der Waals surface area contributed by atoms with E-state index in [4.69, 9.17) is 0 Å². The van der Waals surface area contributed by atoms with Crippen LogP contribution in [0.3, 0.4) is 0 Å². The Morgan fingerprint density at radius 3 is 2.00 bits per heavy atom. The number of rotatable bonds is 0. The van der Waals surface area contributed by atoms with Gasteiger partial charge in [0.25, 0.3) is 0 Å². The van der Waals surface area contributed by atoms with Crippen molar-refractivity contribution in [3.8, 4) is 0 Å². The van der Waals surface area contributed by atoms with Crippen molar-refractivity contribution in [3.05, 3.63) is 30.6 Å². The maximum atomic E-state index is 3.66. The normalized spacial score (nSPS) is 6.00. The van der Waals surface area contributed by atoms with Crippen molar-refractivity contribution in [2.45, 2.75) is 13.8 Å². The van der Waals surface area contributed by atoms with Crippen molar-refractivity contribution < 1.29 is 31.1 Å². The molecule has 1 nitrogen and oxygen atoms in total. The van der Waals surface area contributed by atoms with Gasteiger partial charge in [-0.15, -0.1) is 0 Å². The minimum atomic E-state index is 0. The summed E-state index contributed by atoms with van der Waals surface area (Å²) in [6.07, 6.45) is 4.34. The monoisotopic (exact) mass is 346 g/mol. The molecule has 0 radical (unpaired) electrons. The first kappa shape index (κ1) is 11.9. The molecule has 0 aromatic carbocycles. The smallest absolute Gasteiger partial charge is 0 e. The van der Waals surface area contributed by atoms with E-state index in [0.29, 0.717) is 0 Å². The molecule has 0 fully saturated rings. The summed E-state index contributed by atoms with van der Waals surface area (Å²) in [4.78, 5) is 3.66. The third kappa shape index (κ3) is 8.20. The minimum absolute atomic E-state index is 0. The van der Waals surface area contributed by atoms with E-state index in [1.54, 1.807) is 12.3 Å². The zero-order valence-corrected chi connectivity index (χ0v) is 9.92. The van der Waals surface area contributed by atoms with Gasteiger partial charge in [0.15, 0.2) is 0 Å². The predicted molar refractivity (Wildman–Crippen MR) is 34.4 cm³/mol. The molecular weight excluding hydrogens is 336 g/mol. The van der Waals surface area contributed by atoms with Crippen molar-refractivity contribution in [2.75, 3.05) is 0 Å². The molecule has 0 saturated heterocycles. The van der Waals surface area contributed by atoms with Crippen LogP contribution in [0.25, 0.3) is 0 Å². The molecule has 0 amide bonds. The first-order chi connectivity index (χ1) is 4.00. The second-order valence-electron chi connectivity index (χ2n) is 0.959. The number of nitrogens with zero attached hydrogens (tertiary/aromatic N) is 1. The van der Waals surface area contributed by atoms with Gasteiger partial charge in [-0.2, -0.15) is 18.2 Å². The molecule has 9 heavy (non-hydrogen) atoms. The van der Waals surface area contributed by atoms with E-state index in [1.165, 1.54) is 0 Å². The van der Waals surface area contributed by atoms with Crippen molar-refractivity contribution in [3.63, 3.8) is 0 Å². The second kappa shape index (κ2) is 11.1. The molecule has 0 aliphatic heterocycles. The zero-order valence-electron chi connectivity index (χ0n) is 5.76. The Hall–Kier alpha value is 0.202. The average molecular weight is 346 g/mol. The van der Waals surface area contributed by atoms with Gasteiger partial charge in [0.1, 0.15) is 0 Å². The van der Waals surface area contributed by atoms with Gasteiger partial charge in [-0.1, -0.05) is 26.2 Å². The van der Waals surface area contributed by atoms with Crippen LogP contribution in [0.4, 0.5) is 0 Å². The molecule has 0 aliphatic carbocycles. The molecule has 0 bridgehead atoms. The summed E-state index contributed by atoms with van der Waals surface area (Å²) in [5.41, 5.74) is 0. The molecule has 48 valence electrons. The Labute approximate surface area is 80.3 Å². The molecule has 1 aromatic rings. The van der Waals surface area contributed by atoms with Crippen molar-refractivity contribution >= 4 is 0 Å². The van der Waals surface area contributed by atoms with E-state index in [9.17, 15) is 0 Å². The first-order valence-corrected chi connectivity index (χ1v) is 2.77. The maximum Gasteiger partial charge on any atom is 0 e. The van der Waals surface area contributed by atoms with E-state index < -0.39 is 0 Å². The molecule has 0 N–H and O–H groups in total. The van der Waals surface area contributed by atoms with E-state index in [-0.39, 0.29) is 31.1 Å². The van der Waals surface area contributed by atoms with Crippen LogP contribution in [-0.4, -0.2) is 4.98 Å². The van der Waals surface area contributed by atoms with Gasteiger partial charge in [0.05, 0.1) is 0 Å². The number of hydrogen-bond acceptors (Lipinski definition) is 1. The van der Waals surface area contributed by atoms with Crippen LogP contribution in [-0.2, 0) is 0 Å². The largest absolute Gasteiger partial charge is 0.394 e. The van der Waals surface area contributed by atoms with Gasteiger partial charge in [0.2, 0.25) is 0 Å².